The third-order valence-corrected chi connectivity index (χ3v) is 4.84. The van der Waals surface area contributed by atoms with Gasteiger partial charge in [-0.25, -0.2) is 0 Å². The molecule has 29 heavy (non-hydrogen) atoms. The molecule has 146 valence electrons. The number of halogens is 1. The maximum atomic E-state index is 12.8. The highest BCUT2D eigenvalue weighted by molar-refractivity contribution is 6.30. The number of benzene rings is 3. The van der Waals surface area contributed by atoms with Crippen molar-refractivity contribution in [1.29, 1.82) is 0 Å². The summed E-state index contributed by atoms with van der Waals surface area (Å²) >= 11 is 6.09. The molecule has 0 radical (unpaired) electrons. The van der Waals surface area contributed by atoms with Crippen molar-refractivity contribution in [2.24, 2.45) is 0 Å². The second kappa shape index (κ2) is 7.85. The molecule has 0 aliphatic carbocycles. The van der Waals surface area contributed by atoms with Crippen molar-refractivity contribution in [2.75, 3.05) is 19.5 Å². The smallest absolute Gasteiger partial charge is 0.260 e. The lowest BCUT2D eigenvalue weighted by atomic mass is 10.0. The summed E-state index contributed by atoms with van der Waals surface area (Å²) in [6.45, 7) is 0. The Morgan fingerprint density at radius 3 is 2.59 bits per heavy atom. The maximum Gasteiger partial charge on any atom is 0.260 e. The lowest BCUT2D eigenvalue weighted by Crippen LogP contribution is -2.13. The van der Waals surface area contributed by atoms with Gasteiger partial charge in [0, 0.05) is 16.5 Å². The van der Waals surface area contributed by atoms with E-state index >= 15 is 0 Å². The summed E-state index contributed by atoms with van der Waals surface area (Å²) in [4.78, 5) is 12.8. The quantitative estimate of drug-likeness (QED) is 0.479. The van der Waals surface area contributed by atoms with Gasteiger partial charge in [-0.05, 0) is 47.5 Å². The molecular formula is C22H18ClN3O3. The van der Waals surface area contributed by atoms with Crippen LogP contribution >= 0.6 is 11.6 Å². The van der Waals surface area contributed by atoms with Crippen molar-refractivity contribution in [3.63, 3.8) is 0 Å². The lowest BCUT2D eigenvalue weighted by Gasteiger charge is -2.10. The number of H-pyrrole nitrogens is 1. The first-order valence-electron chi connectivity index (χ1n) is 8.86. The molecule has 0 aliphatic rings. The minimum Gasteiger partial charge on any atom is -0.497 e. The SMILES string of the molecule is COc1ccc(C(=O)Nc2n[nH]c3cc(-c4cccc(Cl)c4)ccc23)c(OC)c1. The van der Waals surface area contributed by atoms with E-state index in [1.54, 1.807) is 25.3 Å². The number of carbonyl (C=O) groups excluding carboxylic acids is 1. The molecule has 0 unspecified atom stereocenters. The highest BCUT2D eigenvalue weighted by Gasteiger charge is 2.16. The zero-order valence-corrected chi connectivity index (χ0v) is 16.6. The Bertz CT molecular complexity index is 1200. The van der Waals surface area contributed by atoms with Gasteiger partial charge in [0.1, 0.15) is 11.5 Å². The molecule has 0 fully saturated rings. The van der Waals surface area contributed by atoms with Crippen molar-refractivity contribution in [2.45, 2.75) is 0 Å². The van der Waals surface area contributed by atoms with E-state index in [0.29, 0.717) is 27.9 Å². The first-order chi connectivity index (χ1) is 14.1. The van der Waals surface area contributed by atoms with Crippen LogP contribution in [0.3, 0.4) is 0 Å². The second-order valence-corrected chi connectivity index (χ2v) is 6.80. The van der Waals surface area contributed by atoms with Gasteiger partial charge in [-0.3, -0.25) is 9.89 Å². The molecule has 7 heteroatoms. The number of anilines is 1. The summed E-state index contributed by atoms with van der Waals surface area (Å²) in [6.07, 6.45) is 0. The van der Waals surface area contributed by atoms with E-state index in [2.05, 4.69) is 15.5 Å². The fourth-order valence-corrected chi connectivity index (χ4v) is 3.31. The number of rotatable bonds is 5. The van der Waals surface area contributed by atoms with Crippen LogP contribution in [0.15, 0.2) is 60.7 Å². The van der Waals surface area contributed by atoms with Crippen molar-refractivity contribution in [3.8, 4) is 22.6 Å². The maximum absolute atomic E-state index is 12.8. The Kier molecular flexibility index (Phi) is 5.10. The van der Waals surface area contributed by atoms with E-state index in [4.69, 9.17) is 21.1 Å². The number of fused-ring (bicyclic) bond motifs is 1. The van der Waals surface area contributed by atoms with Crippen LogP contribution in [-0.4, -0.2) is 30.3 Å². The van der Waals surface area contributed by atoms with Gasteiger partial charge in [-0.15, -0.1) is 0 Å². The number of methoxy groups -OCH3 is 2. The number of hydrogen-bond donors (Lipinski definition) is 2. The largest absolute Gasteiger partial charge is 0.497 e. The van der Waals surface area contributed by atoms with Gasteiger partial charge >= 0.3 is 0 Å². The van der Waals surface area contributed by atoms with Crippen LogP contribution in [-0.2, 0) is 0 Å². The summed E-state index contributed by atoms with van der Waals surface area (Å²) in [5.41, 5.74) is 3.19. The first kappa shape index (κ1) is 18.8. The van der Waals surface area contributed by atoms with Gasteiger partial charge in [0.25, 0.3) is 5.91 Å². The van der Waals surface area contributed by atoms with E-state index in [0.717, 1.165) is 22.0 Å². The number of amides is 1. The molecule has 0 bridgehead atoms. The van der Waals surface area contributed by atoms with Gasteiger partial charge < -0.3 is 14.8 Å². The zero-order chi connectivity index (χ0) is 20.4. The molecule has 3 aromatic carbocycles. The average Bonchev–Trinajstić information content (AvgIpc) is 3.15. The van der Waals surface area contributed by atoms with Gasteiger partial charge in [0.05, 0.1) is 25.3 Å². The van der Waals surface area contributed by atoms with Crippen LogP contribution in [0.1, 0.15) is 10.4 Å². The summed E-state index contributed by atoms with van der Waals surface area (Å²) in [5, 5.41) is 11.5. The third-order valence-electron chi connectivity index (χ3n) is 4.61. The molecule has 0 aliphatic heterocycles. The molecule has 4 aromatic rings. The van der Waals surface area contributed by atoms with Crippen LogP contribution in [0.25, 0.3) is 22.0 Å². The van der Waals surface area contributed by atoms with Crippen molar-refractivity contribution < 1.29 is 14.3 Å². The molecule has 0 atom stereocenters. The summed E-state index contributed by atoms with van der Waals surface area (Å²) in [7, 11) is 3.06. The lowest BCUT2D eigenvalue weighted by molar-refractivity contribution is 0.102. The number of hydrogen-bond acceptors (Lipinski definition) is 4. The van der Waals surface area contributed by atoms with E-state index in [1.165, 1.54) is 7.11 Å². The molecule has 6 nitrogen and oxygen atoms in total. The average molecular weight is 408 g/mol. The highest BCUT2D eigenvalue weighted by atomic mass is 35.5. The van der Waals surface area contributed by atoms with E-state index in [9.17, 15) is 4.79 Å². The van der Waals surface area contributed by atoms with Gasteiger partial charge in [0.2, 0.25) is 0 Å². The second-order valence-electron chi connectivity index (χ2n) is 6.36. The monoisotopic (exact) mass is 407 g/mol. The first-order valence-corrected chi connectivity index (χ1v) is 9.24. The summed E-state index contributed by atoms with van der Waals surface area (Å²) < 4.78 is 10.5. The number of aromatic nitrogens is 2. The fraction of sp³-hybridized carbons (Fsp3) is 0.0909. The molecule has 0 saturated heterocycles. The molecular weight excluding hydrogens is 390 g/mol. The number of nitrogens with zero attached hydrogens (tertiary/aromatic N) is 1. The van der Waals surface area contributed by atoms with Gasteiger partial charge in [-0.2, -0.15) is 5.10 Å². The van der Waals surface area contributed by atoms with Crippen molar-refractivity contribution in [1.82, 2.24) is 10.2 Å². The van der Waals surface area contributed by atoms with E-state index < -0.39 is 0 Å². The standard InChI is InChI=1S/C22H18ClN3O3/c1-28-16-7-9-18(20(12-16)29-2)22(27)24-21-17-8-6-14(11-19(17)25-26-21)13-4-3-5-15(23)10-13/h3-12H,1-2H3,(H2,24,25,26,27). The fourth-order valence-electron chi connectivity index (χ4n) is 3.12. The number of aromatic amines is 1. The topological polar surface area (TPSA) is 76.2 Å². The Labute approximate surface area is 172 Å². The van der Waals surface area contributed by atoms with E-state index in [-0.39, 0.29) is 5.91 Å². The normalized spacial score (nSPS) is 10.7. The molecule has 0 saturated carbocycles. The predicted octanol–water partition coefficient (Wildman–Crippen LogP) is 5.15. The minimum atomic E-state index is -0.322. The molecule has 4 rings (SSSR count). The van der Waals surface area contributed by atoms with E-state index in [1.807, 2.05) is 42.5 Å². The minimum absolute atomic E-state index is 0.322. The van der Waals surface area contributed by atoms with Crippen LogP contribution < -0.4 is 14.8 Å². The van der Waals surface area contributed by atoms with Crippen LogP contribution in [0, 0.1) is 0 Å². The van der Waals surface area contributed by atoms with Crippen LogP contribution in [0.2, 0.25) is 5.02 Å². The Morgan fingerprint density at radius 1 is 1.00 bits per heavy atom. The Hall–Kier alpha value is -3.51. The van der Waals surface area contributed by atoms with Gasteiger partial charge in [-0.1, -0.05) is 29.8 Å². The molecule has 0 spiro atoms. The Morgan fingerprint density at radius 2 is 1.83 bits per heavy atom. The van der Waals surface area contributed by atoms with Crippen molar-refractivity contribution in [3.05, 3.63) is 71.2 Å². The number of nitrogens with one attached hydrogen (secondary N) is 2. The zero-order valence-electron chi connectivity index (χ0n) is 15.8. The number of ether oxygens (including phenoxy) is 2. The highest BCUT2D eigenvalue weighted by Crippen LogP contribution is 2.30. The van der Waals surface area contributed by atoms with Crippen LogP contribution in [0.5, 0.6) is 11.5 Å². The predicted molar refractivity (Wildman–Crippen MR) is 114 cm³/mol. The summed E-state index contributed by atoms with van der Waals surface area (Å²) in [6, 6.07) is 18.5. The summed E-state index contributed by atoms with van der Waals surface area (Å²) in [5.74, 6) is 1.15. The van der Waals surface area contributed by atoms with Crippen molar-refractivity contribution >= 4 is 34.2 Å². The number of carbonyl (C=O) groups is 1. The Balaban J connectivity index is 1.63. The van der Waals surface area contributed by atoms with Gasteiger partial charge in [0.15, 0.2) is 5.82 Å². The molecule has 1 amide bonds. The third kappa shape index (κ3) is 3.75. The van der Waals surface area contributed by atoms with Crippen LogP contribution in [0.4, 0.5) is 5.82 Å². The molecule has 1 heterocycles. The molecule has 1 aromatic heterocycles. The molecule has 2 N–H and O–H groups in total.